The Morgan fingerprint density at radius 2 is 1.85 bits per heavy atom. The zero-order valence-corrected chi connectivity index (χ0v) is 12.5. The Balaban J connectivity index is 2.10. The zero-order chi connectivity index (χ0) is 14.1. The highest BCUT2D eigenvalue weighted by Crippen LogP contribution is 2.26. The number of halogens is 2. The molecule has 0 fully saturated rings. The zero-order valence-electron chi connectivity index (χ0n) is 10.2. The fraction of sp³-hybridized carbons (Fsp3) is 0. The highest BCUT2D eigenvalue weighted by molar-refractivity contribution is 9.10. The second-order valence-corrected chi connectivity index (χ2v) is 5.45. The van der Waals surface area contributed by atoms with Crippen molar-refractivity contribution in [2.75, 3.05) is 5.73 Å². The molecule has 1 heterocycles. The lowest BCUT2D eigenvalue weighted by atomic mass is 10.2. The maximum Gasteiger partial charge on any atom is 0.187 e. The van der Waals surface area contributed by atoms with Crippen molar-refractivity contribution < 1.29 is 0 Å². The molecule has 0 aliphatic heterocycles. The molecule has 2 N–H and O–H groups in total. The quantitative estimate of drug-likeness (QED) is 0.720. The van der Waals surface area contributed by atoms with Crippen LogP contribution in [0.1, 0.15) is 0 Å². The van der Waals surface area contributed by atoms with E-state index in [0.29, 0.717) is 16.5 Å². The Hall–Kier alpha value is -1.92. The molecule has 2 aromatic carbocycles. The summed E-state index contributed by atoms with van der Waals surface area (Å²) in [5.74, 6) is 0.607. The van der Waals surface area contributed by atoms with Gasteiger partial charge in [0.15, 0.2) is 5.82 Å². The number of hydrogen-bond donors (Lipinski definition) is 1. The van der Waals surface area contributed by atoms with Gasteiger partial charge >= 0.3 is 0 Å². The van der Waals surface area contributed by atoms with Crippen LogP contribution in [0.15, 0.2) is 46.9 Å². The third-order valence-corrected chi connectivity index (χ3v) is 3.67. The SMILES string of the molecule is Nc1cc(-c2nnnn2-c2ccc(Br)cc2)ccc1Cl. The molecule has 0 saturated carbocycles. The van der Waals surface area contributed by atoms with Crippen LogP contribution >= 0.6 is 27.5 Å². The Bertz CT molecular complexity index is 754. The molecule has 0 aliphatic rings. The molecular formula is C13H9BrClN5. The Morgan fingerprint density at radius 1 is 1.10 bits per heavy atom. The average Bonchev–Trinajstić information content (AvgIpc) is 2.92. The number of aromatic nitrogens is 4. The molecule has 3 aromatic rings. The van der Waals surface area contributed by atoms with Crippen molar-refractivity contribution in [3.63, 3.8) is 0 Å². The van der Waals surface area contributed by atoms with Gasteiger partial charge in [-0.1, -0.05) is 27.5 Å². The Morgan fingerprint density at radius 3 is 2.55 bits per heavy atom. The number of rotatable bonds is 2. The summed E-state index contributed by atoms with van der Waals surface area (Å²) in [6.07, 6.45) is 0. The lowest BCUT2D eigenvalue weighted by Crippen LogP contribution is -2.00. The number of nitrogen functional groups attached to an aromatic ring is 1. The maximum atomic E-state index is 5.93. The largest absolute Gasteiger partial charge is 0.398 e. The van der Waals surface area contributed by atoms with Gasteiger partial charge in [0.2, 0.25) is 0 Å². The van der Waals surface area contributed by atoms with E-state index in [9.17, 15) is 0 Å². The number of tetrazole rings is 1. The molecule has 7 heteroatoms. The van der Waals surface area contributed by atoms with Crippen LogP contribution < -0.4 is 5.73 Å². The van der Waals surface area contributed by atoms with Gasteiger partial charge in [-0.3, -0.25) is 0 Å². The van der Waals surface area contributed by atoms with Crippen LogP contribution in [0, 0.1) is 0 Å². The van der Waals surface area contributed by atoms with Crippen LogP contribution in [-0.2, 0) is 0 Å². The van der Waals surface area contributed by atoms with Crippen LogP contribution in [0.2, 0.25) is 5.02 Å². The monoisotopic (exact) mass is 349 g/mol. The van der Waals surface area contributed by atoms with Crippen molar-refractivity contribution in [2.24, 2.45) is 0 Å². The number of nitrogens with zero attached hydrogens (tertiary/aromatic N) is 4. The molecule has 0 radical (unpaired) electrons. The summed E-state index contributed by atoms with van der Waals surface area (Å²) in [5, 5.41) is 12.3. The van der Waals surface area contributed by atoms with Crippen molar-refractivity contribution >= 4 is 33.2 Å². The molecule has 100 valence electrons. The molecule has 0 amide bonds. The van der Waals surface area contributed by atoms with Gasteiger partial charge in [0.05, 0.1) is 16.4 Å². The molecule has 20 heavy (non-hydrogen) atoms. The van der Waals surface area contributed by atoms with Gasteiger partial charge in [-0.2, -0.15) is 4.68 Å². The average molecular weight is 351 g/mol. The summed E-state index contributed by atoms with van der Waals surface area (Å²) in [5.41, 5.74) is 7.98. The first-order valence-electron chi connectivity index (χ1n) is 5.75. The molecule has 0 bridgehead atoms. The summed E-state index contributed by atoms with van der Waals surface area (Å²) in [4.78, 5) is 0. The minimum Gasteiger partial charge on any atom is -0.398 e. The highest BCUT2D eigenvalue weighted by Gasteiger charge is 2.11. The smallest absolute Gasteiger partial charge is 0.187 e. The molecule has 0 unspecified atom stereocenters. The van der Waals surface area contributed by atoms with Crippen LogP contribution in [0.5, 0.6) is 0 Å². The number of hydrogen-bond acceptors (Lipinski definition) is 4. The number of anilines is 1. The fourth-order valence-corrected chi connectivity index (χ4v) is 2.19. The van der Waals surface area contributed by atoms with Crippen molar-refractivity contribution in [1.82, 2.24) is 20.2 Å². The molecule has 5 nitrogen and oxygen atoms in total. The predicted octanol–water partition coefficient (Wildman–Crippen LogP) is 3.33. The van der Waals surface area contributed by atoms with Crippen molar-refractivity contribution in [2.45, 2.75) is 0 Å². The molecule has 1 aromatic heterocycles. The first-order valence-corrected chi connectivity index (χ1v) is 6.92. The Kier molecular flexibility index (Phi) is 3.42. The van der Waals surface area contributed by atoms with E-state index in [-0.39, 0.29) is 0 Å². The van der Waals surface area contributed by atoms with E-state index >= 15 is 0 Å². The third kappa shape index (κ3) is 2.39. The summed E-state index contributed by atoms with van der Waals surface area (Å²) >= 11 is 9.33. The fourth-order valence-electron chi connectivity index (χ4n) is 1.81. The molecule has 0 saturated heterocycles. The van der Waals surface area contributed by atoms with Crippen molar-refractivity contribution in [3.8, 4) is 17.1 Å². The molecular weight excluding hydrogens is 342 g/mol. The van der Waals surface area contributed by atoms with Crippen molar-refractivity contribution in [3.05, 3.63) is 52.0 Å². The van der Waals surface area contributed by atoms with Crippen LogP contribution in [0.3, 0.4) is 0 Å². The molecule has 0 aliphatic carbocycles. The van der Waals surface area contributed by atoms with Gasteiger partial charge in [-0.25, -0.2) is 0 Å². The van der Waals surface area contributed by atoms with E-state index in [1.807, 2.05) is 30.3 Å². The van der Waals surface area contributed by atoms with E-state index in [1.54, 1.807) is 16.8 Å². The van der Waals surface area contributed by atoms with Gasteiger partial charge in [-0.05, 0) is 52.9 Å². The summed E-state index contributed by atoms with van der Waals surface area (Å²) in [6, 6.07) is 13.0. The van der Waals surface area contributed by atoms with Gasteiger partial charge < -0.3 is 5.73 Å². The second kappa shape index (κ2) is 5.22. The minimum absolute atomic E-state index is 0.495. The highest BCUT2D eigenvalue weighted by atomic mass is 79.9. The predicted molar refractivity (Wildman–Crippen MR) is 81.7 cm³/mol. The molecule has 0 spiro atoms. The number of benzene rings is 2. The molecule has 3 rings (SSSR count). The lowest BCUT2D eigenvalue weighted by Gasteiger charge is -2.06. The van der Waals surface area contributed by atoms with E-state index in [4.69, 9.17) is 17.3 Å². The molecule has 0 atom stereocenters. The maximum absolute atomic E-state index is 5.93. The van der Waals surface area contributed by atoms with E-state index in [2.05, 4.69) is 31.5 Å². The van der Waals surface area contributed by atoms with Gasteiger partial charge in [0.25, 0.3) is 0 Å². The van der Waals surface area contributed by atoms with Crippen LogP contribution in [-0.4, -0.2) is 20.2 Å². The van der Waals surface area contributed by atoms with Crippen LogP contribution in [0.4, 0.5) is 5.69 Å². The van der Waals surface area contributed by atoms with E-state index < -0.39 is 0 Å². The van der Waals surface area contributed by atoms with Gasteiger partial charge in [0.1, 0.15) is 0 Å². The van der Waals surface area contributed by atoms with E-state index in [1.165, 1.54) is 0 Å². The van der Waals surface area contributed by atoms with Crippen LogP contribution in [0.25, 0.3) is 17.1 Å². The first kappa shape index (κ1) is 13.1. The number of nitrogens with two attached hydrogens (primary N) is 1. The summed E-state index contributed by atoms with van der Waals surface area (Å²) < 4.78 is 2.64. The normalized spacial score (nSPS) is 10.7. The first-order chi connectivity index (χ1) is 9.65. The van der Waals surface area contributed by atoms with Crippen molar-refractivity contribution in [1.29, 1.82) is 0 Å². The Labute approximate surface area is 128 Å². The summed E-state index contributed by atoms with van der Waals surface area (Å²) in [6.45, 7) is 0. The van der Waals surface area contributed by atoms with Gasteiger partial charge in [0, 0.05) is 10.0 Å². The second-order valence-electron chi connectivity index (χ2n) is 4.13. The van der Waals surface area contributed by atoms with Gasteiger partial charge in [-0.15, -0.1) is 5.10 Å². The topological polar surface area (TPSA) is 69.6 Å². The van der Waals surface area contributed by atoms with E-state index in [0.717, 1.165) is 15.7 Å². The summed E-state index contributed by atoms with van der Waals surface area (Å²) in [7, 11) is 0. The minimum atomic E-state index is 0.495. The third-order valence-electron chi connectivity index (χ3n) is 2.79. The lowest BCUT2D eigenvalue weighted by molar-refractivity contribution is 0.791. The standard InChI is InChI=1S/C13H9BrClN5/c14-9-2-4-10(5-3-9)20-13(17-18-19-20)8-1-6-11(15)12(16)7-8/h1-7H,16H2.